The van der Waals surface area contributed by atoms with E-state index in [1.807, 2.05) is 0 Å². The molecule has 1 fully saturated rings. The predicted octanol–water partition coefficient (Wildman–Crippen LogP) is 2.54. The lowest BCUT2D eigenvalue weighted by atomic mass is 10.0. The van der Waals surface area contributed by atoms with Gasteiger partial charge in [-0.3, -0.25) is 10.2 Å². The molecule has 1 aliphatic heterocycles. The average Bonchev–Trinajstić information content (AvgIpc) is 2.95. The number of nitrogens with zero attached hydrogens (tertiary/aromatic N) is 1. The molecule has 1 heterocycles. The first-order valence-corrected chi connectivity index (χ1v) is 10.7. The minimum absolute atomic E-state index is 0.00546. The van der Waals surface area contributed by atoms with Crippen LogP contribution in [0.25, 0.3) is 0 Å². The van der Waals surface area contributed by atoms with Crippen LogP contribution in [0, 0.1) is 23.0 Å². The molecule has 2 rings (SSSR count). The molecule has 3 N–H and O–H groups in total. The summed E-state index contributed by atoms with van der Waals surface area (Å²) < 4.78 is 87.7. The van der Waals surface area contributed by atoms with E-state index in [0.717, 1.165) is 17.0 Å². The van der Waals surface area contributed by atoms with Crippen molar-refractivity contribution in [1.29, 1.82) is 5.41 Å². The molecule has 12 heteroatoms. The Morgan fingerprint density at radius 1 is 1.23 bits per heavy atom. The van der Waals surface area contributed by atoms with Crippen molar-refractivity contribution in [3.05, 3.63) is 47.2 Å². The molecule has 1 saturated heterocycles. The van der Waals surface area contributed by atoms with Gasteiger partial charge in [-0.25, -0.2) is 17.2 Å². The summed E-state index contributed by atoms with van der Waals surface area (Å²) in [7, 11) is -3.17. The Hall–Kier alpha value is -2.50. The molecule has 30 heavy (non-hydrogen) atoms. The van der Waals surface area contributed by atoms with E-state index in [4.69, 9.17) is 11.1 Å². The maximum atomic E-state index is 13.5. The van der Waals surface area contributed by atoms with Crippen LogP contribution in [0.3, 0.4) is 0 Å². The molecule has 6 nitrogen and oxygen atoms in total. The molecule has 1 aliphatic rings. The Morgan fingerprint density at radius 3 is 2.33 bits per heavy atom. The maximum absolute atomic E-state index is 13.5. The number of benzene rings is 1. The van der Waals surface area contributed by atoms with Crippen LogP contribution >= 0.6 is 0 Å². The third-order valence-electron chi connectivity index (χ3n) is 4.57. The van der Waals surface area contributed by atoms with Crippen molar-refractivity contribution >= 4 is 21.5 Å². The Labute approximate surface area is 170 Å². The Kier molecular flexibility index (Phi) is 7.22. The second kappa shape index (κ2) is 9.11. The molecular weight excluding hydrogens is 433 g/mol. The number of nitrogens with one attached hydrogen (secondary N) is 1. The van der Waals surface area contributed by atoms with Gasteiger partial charge in [0.05, 0.1) is 17.2 Å². The summed E-state index contributed by atoms with van der Waals surface area (Å²) in [5.41, 5.74) is 2.79. The monoisotopic (exact) mass is 453 g/mol. The highest BCUT2D eigenvalue weighted by Crippen LogP contribution is 2.23. The van der Waals surface area contributed by atoms with Gasteiger partial charge in [0.15, 0.2) is 9.84 Å². The first kappa shape index (κ1) is 23.8. The van der Waals surface area contributed by atoms with Crippen molar-refractivity contribution < 1.29 is 35.2 Å². The number of rotatable bonds is 7. The van der Waals surface area contributed by atoms with Gasteiger partial charge in [0.25, 0.3) is 5.91 Å². The molecule has 0 aromatic heterocycles. The summed E-state index contributed by atoms with van der Waals surface area (Å²) in [6, 6.07) is 2.54. The number of amides is 1. The number of nitrogens with two attached hydrogens (primary N) is 1. The maximum Gasteiger partial charge on any atom is 0.432 e. The van der Waals surface area contributed by atoms with E-state index in [9.17, 15) is 35.2 Å². The Balaban J connectivity index is 2.21. The van der Waals surface area contributed by atoms with E-state index in [0.29, 0.717) is 12.5 Å². The third kappa shape index (κ3) is 6.78. The molecule has 0 spiro atoms. The Bertz CT molecular complexity index is 940. The number of alkyl halides is 3. The molecular formula is C18H20F5N3O3S. The fourth-order valence-electron chi connectivity index (χ4n) is 3.09. The first-order valence-electron chi connectivity index (χ1n) is 8.84. The van der Waals surface area contributed by atoms with Crippen molar-refractivity contribution in [3.8, 4) is 0 Å². The van der Waals surface area contributed by atoms with E-state index in [-0.39, 0.29) is 48.6 Å². The lowest BCUT2D eigenvalue weighted by Crippen LogP contribution is -2.36. The van der Waals surface area contributed by atoms with Crippen LogP contribution in [-0.2, 0) is 21.2 Å². The summed E-state index contributed by atoms with van der Waals surface area (Å²) >= 11 is 0. The van der Waals surface area contributed by atoms with Gasteiger partial charge < -0.3 is 10.6 Å². The fraction of sp³-hybridized carbons (Fsp3) is 0.444. The first-order chi connectivity index (χ1) is 13.8. The summed E-state index contributed by atoms with van der Waals surface area (Å²) in [5.74, 6) is -3.19. The number of sulfone groups is 1. The van der Waals surface area contributed by atoms with E-state index in [1.54, 1.807) is 0 Å². The molecule has 1 amide bonds. The fourth-order valence-corrected chi connectivity index (χ4v) is 5.01. The minimum atomic E-state index is -5.00. The minimum Gasteiger partial charge on any atom is -0.394 e. The summed E-state index contributed by atoms with van der Waals surface area (Å²) in [4.78, 5) is 13.6. The second-order valence-electron chi connectivity index (χ2n) is 7.07. The van der Waals surface area contributed by atoms with Crippen molar-refractivity contribution in [3.63, 3.8) is 0 Å². The highest BCUT2D eigenvalue weighted by molar-refractivity contribution is 7.91. The van der Waals surface area contributed by atoms with Crippen molar-refractivity contribution in [2.75, 3.05) is 18.1 Å². The lowest BCUT2D eigenvalue weighted by Gasteiger charge is -2.24. The number of hydrogen-bond acceptors (Lipinski definition) is 5. The molecule has 0 radical (unpaired) electrons. The number of hydrogen-bond donors (Lipinski definition) is 2. The highest BCUT2D eigenvalue weighted by Gasteiger charge is 2.34. The summed E-state index contributed by atoms with van der Waals surface area (Å²) in [6.07, 6.45) is -4.24. The van der Waals surface area contributed by atoms with E-state index < -0.39 is 45.0 Å². The van der Waals surface area contributed by atoms with Crippen LogP contribution in [0.4, 0.5) is 22.0 Å². The highest BCUT2D eigenvalue weighted by atomic mass is 32.2. The number of carbonyl (C=O) groups excluding carboxylic acids is 1. The van der Waals surface area contributed by atoms with Crippen LogP contribution in [0.15, 0.2) is 30.0 Å². The quantitative estimate of drug-likeness (QED) is 0.376. The van der Waals surface area contributed by atoms with Crippen LogP contribution in [0.5, 0.6) is 0 Å². The zero-order chi connectivity index (χ0) is 22.7. The van der Waals surface area contributed by atoms with Crippen molar-refractivity contribution in [2.45, 2.75) is 25.6 Å². The van der Waals surface area contributed by atoms with E-state index in [2.05, 4.69) is 0 Å². The van der Waals surface area contributed by atoms with Gasteiger partial charge in [-0.15, -0.1) is 0 Å². The molecule has 166 valence electrons. The molecule has 1 aromatic rings. The molecule has 0 bridgehead atoms. The summed E-state index contributed by atoms with van der Waals surface area (Å²) in [6.45, 7) is -0.452. The van der Waals surface area contributed by atoms with E-state index in [1.165, 1.54) is 0 Å². The normalized spacial score (nSPS) is 19.0. The van der Waals surface area contributed by atoms with Crippen molar-refractivity contribution in [2.24, 2.45) is 11.7 Å². The van der Waals surface area contributed by atoms with Crippen molar-refractivity contribution in [1.82, 2.24) is 4.90 Å². The smallest absolute Gasteiger partial charge is 0.394 e. The van der Waals surface area contributed by atoms with Crippen LogP contribution in [-0.4, -0.2) is 49.2 Å². The standard InChI is InChI=1S/C18H20F5N3O3S/c19-13-5-12(6-14(20)7-13)9-26(3-1-11-2-4-30(28,29)10-11)17(27)15(24)8-16(25)18(21,22)23/h5-8,11,25H,1-4,9-10,24H2/b15-8-,25-16?. The van der Waals surface area contributed by atoms with Gasteiger partial charge in [-0.2, -0.15) is 13.2 Å². The zero-order valence-electron chi connectivity index (χ0n) is 15.7. The SMILES string of the molecule is N=C(/C=C(\N)C(=O)N(CCC1CCS(=O)(=O)C1)Cc1cc(F)cc(F)c1)C(F)(F)F. The number of allylic oxidation sites excluding steroid dienone is 1. The predicted molar refractivity (Wildman–Crippen MR) is 99.2 cm³/mol. The molecule has 1 unspecified atom stereocenters. The second-order valence-corrected chi connectivity index (χ2v) is 9.30. The largest absolute Gasteiger partial charge is 0.432 e. The summed E-state index contributed by atoms with van der Waals surface area (Å²) in [5, 5.41) is 6.95. The Morgan fingerprint density at radius 2 is 1.83 bits per heavy atom. The van der Waals surface area contributed by atoms with E-state index >= 15 is 0 Å². The van der Waals surface area contributed by atoms with Crippen LogP contribution in [0.2, 0.25) is 0 Å². The van der Waals surface area contributed by atoms with Gasteiger partial charge in [-0.1, -0.05) is 0 Å². The number of carbonyl (C=O) groups is 1. The van der Waals surface area contributed by atoms with Gasteiger partial charge in [-0.05, 0) is 42.5 Å². The van der Waals surface area contributed by atoms with Gasteiger partial charge in [0, 0.05) is 19.2 Å². The van der Waals surface area contributed by atoms with Gasteiger partial charge >= 0.3 is 6.18 Å². The number of halogens is 5. The lowest BCUT2D eigenvalue weighted by molar-refractivity contribution is -0.128. The van der Waals surface area contributed by atoms with Gasteiger partial charge in [0.2, 0.25) is 0 Å². The molecule has 1 atom stereocenters. The molecule has 0 saturated carbocycles. The van der Waals surface area contributed by atoms with Crippen LogP contribution in [0.1, 0.15) is 18.4 Å². The molecule has 1 aromatic carbocycles. The molecule has 0 aliphatic carbocycles. The van der Waals surface area contributed by atoms with Crippen LogP contribution < -0.4 is 5.73 Å². The average molecular weight is 453 g/mol. The third-order valence-corrected chi connectivity index (χ3v) is 6.41. The van der Waals surface area contributed by atoms with Gasteiger partial charge in [0.1, 0.15) is 17.3 Å². The topological polar surface area (TPSA) is 104 Å². The zero-order valence-corrected chi connectivity index (χ0v) is 16.5.